The summed E-state index contributed by atoms with van der Waals surface area (Å²) >= 11 is 0. The molecule has 120 valence electrons. The van der Waals surface area contributed by atoms with E-state index >= 15 is 0 Å². The smallest absolute Gasteiger partial charge is 0.123 e. The van der Waals surface area contributed by atoms with Crippen LogP contribution in [0.15, 0.2) is 36.4 Å². The minimum atomic E-state index is -0.480. The number of hydrogen-bond donors (Lipinski definition) is 0. The lowest BCUT2D eigenvalue weighted by molar-refractivity contribution is 0.302. The van der Waals surface area contributed by atoms with E-state index in [4.69, 9.17) is 9.47 Å². The molecule has 0 aromatic heterocycles. The number of benzene rings is 2. The van der Waals surface area contributed by atoms with Crippen LogP contribution in [0.3, 0.4) is 0 Å². The predicted molar refractivity (Wildman–Crippen MR) is 87.3 cm³/mol. The van der Waals surface area contributed by atoms with E-state index in [2.05, 4.69) is 6.07 Å². The maximum atomic E-state index is 13.5. The quantitative estimate of drug-likeness (QED) is 0.787. The second-order valence-corrected chi connectivity index (χ2v) is 5.47. The van der Waals surface area contributed by atoms with Gasteiger partial charge in [0, 0.05) is 12.0 Å². The van der Waals surface area contributed by atoms with Gasteiger partial charge in [-0.25, -0.2) is 4.39 Å². The number of rotatable bonds is 6. The minimum absolute atomic E-state index is 0.377. The van der Waals surface area contributed by atoms with E-state index < -0.39 is 5.92 Å². The summed E-state index contributed by atoms with van der Waals surface area (Å²) in [6, 6.07) is 12.4. The van der Waals surface area contributed by atoms with Crippen LogP contribution in [0.25, 0.3) is 0 Å². The zero-order valence-corrected chi connectivity index (χ0v) is 13.6. The van der Waals surface area contributed by atoms with Gasteiger partial charge in [0.15, 0.2) is 0 Å². The fourth-order valence-electron chi connectivity index (χ4n) is 2.52. The molecule has 0 aliphatic rings. The molecule has 0 radical (unpaired) electrons. The van der Waals surface area contributed by atoms with Crippen LogP contribution in [0, 0.1) is 31.0 Å². The molecule has 0 saturated carbocycles. The van der Waals surface area contributed by atoms with Crippen molar-refractivity contribution in [2.75, 3.05) is 13.7 Å². The first-order chi connectivity index (χ1) is 11.0. The largest absolute Gasteiger partial charge is 0.496 e. The van der Waals surface area contributed by atoms with Crippen LogP contribution in [0.5, 0.6) is 11.5 Å². The van der Waals surface area contributed by atoms with Crippen LogP contribution in [-0.2, 0) is 0 Å². The Morgan fingerprint density at radius 3 is 2.52 bits per heavy atom. The second kappa shape index (κ2) is 7.64. The van der Waals surface area contributed by atoms with Gasteiger partial charge in [0.1, 0.15) is 17.3 Å². The molecule has 23 heavy (non-hydrogen) atoms. The van der Waals surface area contributed by atoms with Crippen molar-refractivity contribution < 1.29 is 13.9 Å². The number of methoxy groups -OCH3 is 1. The second-order valence-electron chi connectivity index (χ2n) is 5.47. The van der Waals surface area contributed by atoms with Crippen LogP contribution in [0.1, 0.15) is 29.0 Å². The Morgan fingerprint density at radius 1 is 1.13 bits per heavy atom. The molecule has 0 bridgehead atoms. The van der Waals surface area contributed by atoms with E-state index in [-0.39, 0.29) is 5.82 Å². The molecule has 0 spiro atoms. The molecule has 0 N–H and O–H groups in total. The third-order valence-corrected chi connectivity index (χ3v) is 3.72. The fourth-order valence-corrected chi connectivity index (χ4v) is 2.52. The van der Waals surface area contributed by atoms with Crippen molar-refractivity contribution >= 4 is 0 Å². The lowest BCUT2D eigenvalue weighted by atomic mass is 9.96. The highest BCUT2D eigenvalue weighted by Crippen LogP contribution is 2.30. The average molecular weight is 313 g/mol. The lowest BCUT2D eigenvalue weighted by Gasteiger charge is -2.15. The Morgan fingerprint density at radius 2 is 1.87 bits per heavy atom. The van der Waals surface area contributed by atoms with E-state index in [1.165, 1.54) is 24.8 Å². The molecule has 0 saturated heterocycles. The summed E-state index contributed by atoms with van der Waals surface area (Å²) in [6.45, 7) is 4.39. The lowest BCUT2D eigenvalue weighted by Crippen LogP contribution is -2.07. The predicted octanol–water partition coefficient (Wildman–Crippen LogP) is 4.53. The molecule has 1 unspecified atom stereocenters. The first-order valence-electron chi connectivity index (χ1n) is 7.48. The summed E-state index contributed by atoms with van der Waals surface area (Å²) in [4.78, 5) is 0. The Kier molecular flexibility index (Phi) is 5.59. The molecule has 4 heteroatoms. The molecule has 1 atom stereocenters. The van der Waals surface area contributed by atoms with Crippen LogP contribution in [-0.4, -0.2) is 13.7 Å². The summed E-state index contributed by atoms with van der Waals surface area (Å²) in [7, 11) is 1.51. The summed E-state index contributed by atoms with van der Waals surface area (Å²) in [5.74, 6) is 0.464. The van der Waals surface area contributed by atoms with Gasteiger partial charge in [-0.05, 0) is 43.7 Å². The van der Waals surface area contributed by atoms with Crippen molar-refractivity contribution in [2.24, 2.45) is 0 Å². The molecule has 0 heterocycles. The van der Waals surface area contributed by atoms with Gasteiger partial charge < -0.3 is 9.47 Å². The zero-order valence-electron chi connectivity index (χ0n) is 13.6. The zero-order chi connectivity index (χ0) is 16.8. The van der Waals surface area contributed by atoms with E-state index in [1.54, 1.807) is 6.07 Å². The highest BCUT2D eigenvalue weighted by Gasteiger charge is 2.17. The van der Waals surface area contributed by atoms with E-state index in [9.17, 15) is 9.65 Å². The maximum absolute atomic E-state index is 13.5. The Balaban J connectivity index is 2.06. The van der Waals surface area contributed by atoms with Gasteiger partial charge in [-0.2, -0.15) is 5.26 Å². The molecular formula is C19H20FNO2. The van der Waals surface area contributed by atoms with Crippen LogP contribution in [0.2, 0.25) is 0 Å². The van der Waals surface area contributed by atoms with Crippen LogP contribution >= 0.6 is 0 Å². The van der Waals surface area contributed by atoms with Gasteiger partial charge >= 0.3 is 0 Å². The molecule has 2 aromatic rings. The van der Waals surface area contributed by atoms with Gasteiger partial charge in [0.25, 0.3) is 0 Å². The maximum Gasteiger partial charge on any atom is 0.123 e. The number of halogens is 1. The Labute approximate surface area is 136 Å². The number of nitriles is 1. The molecule has 0 aliphatic carbocycles. The topological polar surface area (TPSA) is 42.2 Å². The number of hydrogen-bond acceptors (Lipinski definition) is 3. The molecule has 3 nitrogen and oxygen atoms in total. The SMILES string of the molecule is COc1ccc(F)cc1C(C#N)CCOc1ccc(C)cc1C. The van der Waals surface area contributed by atoms with Crippen molar-refractivity contribution in [1.29, 1.82) is 5.26 Å². The summed E-state index contributed by atoms with van der Waals surface area (Å²) in [6.07, 6.45) is 0.462. The third-order valence-electron chi connectivity index (χ3n) is 3.72. The molecule has 0 fully saturated rings. The van der Waals surface area contributed by atoms with E-state index in [0.29, 0.717) is 24.3 Å². The van der Waals surface area contributed by atoms with Crippen LogP contribution in [0.4, 0.5) is 4.39 Å². The van der Waals surface area contributed by atoms with Gasteiger partial charge in [-0.15, -0.1) is 0 Å². The van der Waals surface area contributed by atoms with Gasteiger partial charge in [-0.1, -0.05) is 17.7 Å². The van der Waals surface area contributed by atoms with Crippen molar-refractivity contribution in [3.8, 4) is 17.6 Å². The van der Waals surface area contributed by atoms with Gasteiger partial charge in [-0.3, -0.25) is 0 Å². The van der Waals surface area contributed by atoms with Crippen molar-refractivity contribution in [1.82, 2.24) is 0 Å². The molecule has 2 aromatic carbocycles. The molecular weight excluding hydrogens is 293 g/mol. The standard InChI is InChI=1S/C19H20FNO2/c1-13-4-6-18(14(2)10-13)23-9-8-15(12-21)17-11-16(20)5-7-19(17)22-3/h4-7,10-11,15H,8-9H2,1-3H3. The van der Waals surface area contributed by atoms with Gasteiger partial charge in [0.2, 0.25) is 0 Å². The van der Waals surface area contributed by atoms with E-state index in [1.807, 2.05) is 32.0 Å². The average Bonchev–Trinajstić information content (AvgIpc) is 2.53. The first-order valence-corrected chi connectivity index (χ1v) is 7.48. The van der Waals surface area contributed by atoms with E-state index in [0.717, 1.165) is 11.3 Å². The number of aryl methyl sites for hydroxylation is 2. The molecule has 0 aliphatic heterocycles. The third kappa shape index (κ3) is 4.23. The van der Waals surface area contributed by atoms with Crippen LogP contribution < -0.4 is 9.47 Å². The number of nitrogens with zero attached hydrogens (tertiary/aromatic N) is 1. The summed E-state index contributed by atoms with van der Waals surface area (Å²) in [5, 5.41) is 9.39. The van der Waals surface area contributed by atoms with Crippen molar-refractivity contribution in [3.63, 3.8) is 0 Å². The number of ether oxygens (including phenoxy) is 2. The highest BCUT2D eigenvalue weighted by molar-refractivity contribution is 5.40. The van der Waals surface area contributed by atoms with Crippen molar-refractivity contribution in [2.45, 2.75) is 26.2 Å². The first kappa shape index (κ1) is 16.8. The fraction of sp³-hybridized carbons (Fsp3) is 0.316. The highest BCUT2D eigenvalue weighted by atomic mass is 19.1. The minimum Gasteiger partial charge on any atom is -0.496 e. The summed E-state index contributed by atoms with van der Waals surface area (Å²) in [5.41, 5.74) is 2.79. The van der Waals surface area contributed by atoms with Crippen molar-refractivity contribution in [3.05, 3.63) is 58.9 Å². The summed E-state index contributed by atoms with van der Waals surface area (Å²) < 4.78 is 24.4. The Hall–Kier alpha value is -2.54. The monoisotopic (exact) mass is 313 g/mol. The molecule has 0 amide bonds. The normalized spacial score (nSPS) is 11.6. The Bertz CT molecular complexity index is 722. The molecule has 2 rings (SSSR count). The van der Waals surface area contributed by atoms with Gasteiger partial charge in [0.05, 0.1) is 25.7 Å².